The second kappa shape index (κ2) is 24.4. The number of anilines is 4. The Hall–Kier alpha value is -5.69. The third-order valence-electron chi connectivity index (χ3n) is 12.2. The van der Waals surface area contributed by atoms with Crippen molar-refractivity contribution in [3.8, 4) is 22.3 Å². The number of aromatic nitrogens is 6. The van der Waals surface area contributed by atoms with Crippen molar-refractivity contribution in [1.82, 2.24) is 54.8 Å². The van der Waals surface area contributed by atoms with Crippen LogP contribution >= 0.6 is 46.4 Å². The van der Waals surface area contributed by atoms with Crippen molar-refractivity contribution in [3.63, 3.8) is 0 Å². The lowest BCUT2D eigenvalue weighted by molar-refractivity contribution is 0.154. The molecule has 6 heterocycles. The van der Waals surface area contributed by atoms with E-state index in [1.807, 2.05) is 42.5 Å². The van der Waals surface area contributed by atoms with Crippen LogP contribution in [0.15, 0.2) is 91.3 Å². The number of nitrogens with one attached hydrogen (secondary N) is 4. The lowest BCUT2D eigenvalue weighted by Crippen LogP contribution is -2.44. The number of halogens is 4. The third kappa shape index (κ3) is 13.6. The normalized spacial score (nSPS) is 14.8. The highest BCUT2D eigenvalue weighted by Gasteiger charge is 2.20. The standard InChI is InChI=1S/C29H32Cl2N8O.C21H25Cl2N7/c1-38-13-15-39(16-14-38)12-6-11-32-28-33-19-21-17-22(25-23(30)9-5-10-24(25)31)27(35-26(21)36-28)37-29(40)34-18-20-7-3-2-4-8-20;1-29-8-10-30(11-9-29)7-3-6-25-21-26-13-14-12-15(19(24)27-20(14)28-21)18-16(22)4-2-5-17(18)23/h2-5,7-10,17,19H,6,11-16,18H2,1H3,(H3,32,33,34,35,36,37,40);2,4-5,12-13H,3,6-11H2,1H3,(H3,24,25,26,27,28). The van der Waals surface area contributed by atoms with E-state index in [0.29, 0.717) is 89.1 Å². The van der Waals surface area contributed by atoms with Gasteiger partial charge in [0.15, 0.2) is 11.3 Å². The Morgan fingerprint density at radius 1 is 0.600 bits per heavy atom. The molecule has 0 unspecified atom stereocenters. The predicted molar refractivity (Wildman–Crippen MR) is 286 cm³/mol. The molecule has 0 saturated carbocycles. The second-order valence-electron chi connectivity index (χ2n) is 17.4. The van der Waals surface area contributed by atoms with Crippen molar-refractivity contribution in [2.45, 2.75) is 19.4 Å². The van der Waals surface area contributed by atoms with E-state index in [0.717, 1.165) is 102 Å². The quantitative estimate of drug-likeness (QED) is 0.0614. The maximum absolute atomic E-state index is 12.9. The van der Waals surface area contributed by atoms with Crippen molar-refractivity contribution in [2.75, 3.05) is 114 Å². The smallest absolute Gasteiger partial charge is 0.320 e. The second-order valence-corrected chi connectivity index (χ2v) is 19.0. The molecule has 4 aromatic heterocycles. The lowest BCUT2D eigenvalue weighted by atomic mass is 10.0. The fraction of sp³-hybridized carbons (Fsp3) is 0.340. The number of piperazine rings is 2. The number of rotatable bonds is 15. The number of nitrogen functional groups attached to an aromatic ring is 1. The Morgan fingerprint density at radius 3 is 1.59 bits per heavy atom. The van der Waals surface area contributed by atoms with E-state index in [9.17, 15) is 4.79 Å². The molecule has 2 aliphatic rings. The monoisotopic (exact) mass is 1020 g/mol. The third-order valence-corrected chi connectivity index (χ3v) is 13.5. The topological polar surface area (TPSA) is 182 Å². The molecule has 7 aromatic rings. The van der Waals surface area contributed by atoms with Crippen molar-refractivity contribution >= 4 is 98.0 Å². The first-order chi connectivity index (χ1) is 34.0. The molecule has 366 valence electrons. The molecule has 16 nitrogen and oxygen atoms in total. The number of benzene rings is 3. The maximum atomic E-state index is 12.9. The molecule has 0 aliphatic carbocycles. The fourth-order valence-electron chi connectivity index (χ4n) is 8.19. The van der Waals surface area contributed by atoms with Crippen LogP contribution in [0.2, 0.25) is 20.1 Å². The molecule has 2 fully saturated rings. The predicted octanol–water partition coefficient (Wildman–Crippen LogP) is 9.00. The molecule has 70 heavy (non-hydrogen) atoms. The van der Waals surface area contributed by atoms with E-state index >= 15 is 0 Å². The molecule has 2 amide bonds. The van der Waals surface area contributed by atoms with Crippen molar-refractivity contribution in [2.24, 2.45) is 0 Å². The molecule has 0 atom stereocenters. The summed E-state index contributed by atoms with van der Waals surface area (Å²) in [6, 6.07) is 23.6. The van der Waals surface area contributed by atoms with Crippen LogP contribution in [0.25, 0.3) is 44.3 Å². The van der Waals surface area contributed by atoms with Gasteiger partial charge in [0.2, 0.25) is 11.9 Å². The number of pyridine rings is 2. The summed E-state index contributed by atoms with van der Waals surface area (Å²) in [5.74, 6) is 1.67. The number of hydrogen-bond donors (Lipinski definition) is 5. The number of fused-ring (bicyclic) bond motifs is 2. The zero-order valence-corrected chi connectivity index (χ0v) is 42.3. The Morgan fingerprint density at radius 2 is 1.07 bits per heavy atom. The van der Waals surface area contributed by atoms with Crippen molar-refractivity contribution < 1.29 is 4.79 Å². The van der Waals surface area contributed by atoms with E-state index in [1.54, 1.807) is 48.8 Å². The highest BCUT2D eigenvalue weighted by atomic mass is 35.5. The number of carbonyl (C=O) groups is 1. The Balaban J connectivity index is 0.000000196. The van der Waals surface area contributed by atoms with Gasteiger partial charge in [-0.3, -0.25) is 5.32 Å². The van der Waals surface area contributed by atoms with Gasteiger partial charge in [-0.05, 0) is 82.0 Å². The highest BCUT2D eigenvalue weighted by Crippen LogP contribution is 2.40. The SMILES string of the molecule is CN1CCN(CCCNc2ncc3cc(-c4c(Cl)cccc4Cl)c(N)nc3n2)CC1.CN1CCN(CCCNc2ncc3cc(-c4c(Cl)cccc4Cl)c(NC(=O)NCc4ccccc4)nc3n2)CC1. The summed E-state index contributed by atoms with van der Waals surface area (Å²) in [7, 11) is 4.33. The Labute approximate surface area is 428 Å². The van der Waals surface area contributed by atoms with Crippen LogP contribution < -0.4 is 27.0 Å². The van der Waals surface area contributed by atoms with Crippen LogP contribution in [-0.4, -0.2) is 148 Å². The van der Waals surface area contributed by atoms with Crippen LogP contribution in [0.4, 0.5) is 28.3 Å². The summed E-state index contributed by atoms with van der Waals surface area (Å²) in [6.45, 7) is 13.0. The van der Waals surface area contributed by atoms with Crippen LogP contribution in [0, 0.1) is 0 Å². The fourth-order valence-corrected chi connectivity index (χ4v) is 9.39. The minimum Gasteiger partial charge on any atom is -0.383 e. The minimum atomic E-state index is -0.406. The van der Waals surface area contributed by atoms with Gasteiger partial charge in [0.05, 0.1) is 20.1 Å². The van der Waals surface area contributed by atoms with Crippen LogP contribution in [-0.2, 0) is 6.54 Å². The molecule has 2 aliphatic heterocycles. The molecule has 3 aromatic carbocycles. The summed E-state index contributed by atoms with van der Waals surface area (Å²) in [5, 5.41) is 15.7. The summed E-state index contributed by atoms with van der Waals surface area (Å²) >= 11 is 25.7. The molecule has 20 heteroatoms. The summed E-state index contributed by atoms with van der Waals surface area (Å²) < 4.78 is 0. The van der Waals surface area contributed by atoms with Crippen molar-refractivity contribution in [3.05, 3.63) is 117 Å². The number of hydrogen-bond acceptors (Lipinski definition) is 14. The van der Waals surface area contributed by atoms with Gasteiger partial charge in [-0.15, -0.1) is 0 Å². The first-order valence-corrected chi connectivity index (χ1v) is 24.9. The van der Waals surface area contributed by atoms with Crippen molar-refractivity contribution in [1.29, 1.82) is 0 Å². The molecular formula is C50H57Cl4N15O. The minimum absolute atomic E-state index is 0.299. The van der Waals surface area contributed by atoms with Gasteiger partial charge in [0.25, 0.3) is 0 Å². The Bertz CT molecular complexity index is 2840. The average molecular weight is 1030 g/mol. The van der Waals surface area contributed by atoms with Crippen LogP contribution in [0.5, 0.6) is 0 Å². The molecule has 6 N–H and O–H groups in total. The molecular weight excluding hydrogens is 968 g/mol. The van der Waals surface area contributed by atoms with E-state index in [-0.39, 0.29) is 0 Å². The first-order valence-electron chi connectivity index (χ1n) is 23.4. The van der Waals surface area contributed by atoms with Gasteiger partial charge in [-0.2, -0.15) is 9.97 Å². The molecule has 2 saturated heterocycles. The van der Waals surface area contributed by atoms with Gasteiger partial charge in [-0.25, -0.2) is 24.7 Å². The largest absolute Gasteiger partial charge is 0.383 e. The number of carbonyl (C=O) groups excluding carboxylic acids is 1. The van der Waals surface area contributed by atoms with E-state index < -0.39 is 6.03 Å². The van der Waals surface area contributed by atoms with Gasteiger partial charge >= 0.3 is 6.03 Å². The summed E-state index contributed by atoms with van der Waals surface area (Å²) in [5.41, 5.74) is 10.7. The van der Waals surface area contributed by atoms with Crippen LogP contribution in [0.3, 0.4) is 0 Å². The van der Waals surface area contributed by atoms with Gasteiger partial charge in [-0.1, -0.05) is 88.9 Å². The number of amides is 2. The first kappa shape index (κ1) is 50.7. The number of likely N-dealkylation sites (N-methyl/N-ethyl adjacent to an activating group) is 2. The van der Waals surface area contributed by atoms with E-state index in [1.165, 1.54) is 0 Å². The van der Waals surface area contributed by atoms with Gasteiger partial charge in [0.1, 0.15) is 11.6 Å². The van der Waals surface area contributed by atoms with Crippen LogP contribution in [0.1, 0.15) is 18.4 Å². The Kier molecular flexibility index (Phi) is 17.7. The van der Waals surface area contributed by atoms with E-state index in [2.05, 4.69) is 79.9 Å². The number of nitrogens with two attached hydrogens (primary N) is 1. The van der Waals surface area contributed by atoms with E-state index in [4.69, 9.17) is 57.1 Å². The zero-order chi connectivity index (χ0) is 49.0. The average Bonchev–Trinajstić information content (AvgIpc) is 3.35. The molecule has 0 spiro atoms. The number of nitrogens with zero attached hydrogens (tertiary/aromatic N) is 10. The zero-order valence-electron chi connectivity index (χ0n) is 39.2. The van der Waals surface area contributed by atoms with Gasteiger partial charge in [0, 0.05) is 117 Å². The van der Waals surface area contributed by atoms with Gasteiger partial charge < -0.3 is 41.3 Å². The number of urea groups is 1. The summed E-state index contributed by atoms with van der Waals surface area (Å²) in [4.78, 5) is 49.8. The maximum Gasteiger partial charge on any atom is 0.320 e. The molecule has 0 bridgehead atoms. The molecule has 9 rings (SSSR count). The highest BCUT2D eigenvalue weighted by molar-refractivity contribution is 6.40. The summed E-state index contributed by atoms with van der Waals surface area (Å²) in [6.07, 6.45) is 5.47. The lowest BCUT2D eigenvalue weighted by Gasteiger charge is -2.32. The molecule has 0 radical (unpaired) electrons.